The van der Waals surface area contributed by atoms with Gasteiger partial charge in [0.15, 0.2) is 6.10 Å². The van der Waals surface area contributed by atoms with Crippen LogP contribution in [0.2, 0.25) is 0 Å². The third-order valence-electron chi connectivity index (χ3n) is 7.23. The molecular formula is C29H40N2O8S. The molecule has 0 spiro atoms. The van der Waals surface area contributed by atoms with Crippen molar-refractivity contribution < 1.29 is 37.3 Å². The first kappa shape index (κ1) is 30.3. The highest BCUT2D eigenvalue weighted by Crippen LogP contribution is 2.29. The van der Waals surface area contributed by atoms with Gasteiger partial charge < -0.3 is 29.4 Å². The first-order valence-corrected chi connectivity index (χ1v) is 15.1. The zero-order valence-electron chi connectivity index (χ0n) is 23.3. The summed E-state index contributed by atoms with van der Waals surface area (Å²) in [5.41, 5.74) is 0.875. The molecule has 0 aromatic heterocycles. The number of benzene rings is 2. The maximum absolute atomic E-state index is 13.6. The van der Waals surface area contributed by atoms with Gasteiger partial charge in [-0.15, -0.1) is 0 Å². The van der Waals surface area contributed by atoms with E-state index in [4.69, 9.17) is 18.9 Å². The van der Waals surface area contributed by atoms with Gasteiger partial charge in [-0.25, -0.2) is 13.2 Å². The van der Waals surface area contributed by atoms with Gasteiger partial charge in [0.05, 0.1) is 37.4 Å². The number of aliphatic hydroxyl groups excluding tert-OH is 1. The lowest BCUT2D eigenvalue weighted by Crippen LogP contribution is -2.53. The Morgan fingerprint density at radius 3 is 2.50 bits per heavy atom. The van der Waals surface area contributed by atoms with E-state index in [0.29, 0.717) is 19.0 Å². The summed E-state index contributed by atoms with van der Waals surface area (Å²) >= 11 is 0. The molecule has 2 fully saturated rings. The fourth-order valence-corrected chi connectivity index (χ4v) is 6.78. The van der Waals surface area contributed by atoms with Crippen molar-refractivity contribution >= 4 is 16.1 Å². The molecule has 2 heterocycles. The number of carbonyl (C=O) groups excluding carboxylic acids is 1. The lowest BCUT2D eigenvalue weighted by Gasteiger charge is -2.33. The van der Waals surface area contributed by atoms with Crippen molar-refractivity contribution in [2.24, 2.45) is 11.8 Å². The van der Waals surface area contributed by atoms with E-state index in [-0.39, 0.29) is 49.0 Å². The number of hydrogen-bond donors (Lipinski definition) is 2. The molecule has 2 saturated heterocycles. The van der Waals surface area contributed by atoms with Crippen LogP contribution in [-0.4, -0.2) is 88.3 Å². The Labute approximate surface area is 236 Å². The van der Waals surface area contributed by atoms with Gasteiger partial charge in [0.25, 0.3) is 0 Å². The number of aliphatic hydroxyl groups is 1. The number of nitrogens with one attached hydrogen (secondary N) is 1. The highest BCUT2D eigenvalue weighted by atomic mass is 32.2. The Kier molecular flexibility index (Phi) is 10.4. The Hall–Kier alpha value is -2.70. The van der Waals surface area contributed by atoms with Gasteiger partial charge in [-0.3, -0.25) is 0 Å². The molecule has 11 heteroatoms. The Morgan fingerprint density at radius 2 is 1.82 bits per heavy atom. The van der Waals surface area contributed by atoms with Crippen molar-refractivity contribution in [2.75, 3.05) is 40.0 Å². The van der Waals surface area contributed by atoms with Crippen LogP contribution in [0.15, 0.2) is 59.5 Å². The van der Waals surface area contributed by atoms with Crippen molar-refractivity contribution in [1.82, 2.24) is 9.62 Å². The third-order valence-corrected chi connectivity index (χ3v) is 9.07. The summed E-state index contributed by atoms with van der Waals surface area (Å²) in [7, 11) is -2.43. The number of carbonyl (C=O) groups is 1. The average molecular weight is 577 g/mol. The summed E-state index contributed by atoms with van der Waals surface area (Å²) in [6.07, 6.45) is -1.57. The van der Waals surface area contributed by atoms with E-state index in [1.807, 2.05) is 44.2 Å². The Balaban J connectivity index is 1.51. The second-order valence-corrected chi connectivity index (χ2v) is 12.7. The van der Waals surface area contributed by atoms with Gasteiger partial charge in [0, 0.05) is 25.6 Å². The molecule has 220 valence electrons. The van der Waals surface area contributed by atoms with E-state index >= 15 is 0 Å². The molecular weight excluding hydrogens is 536 g/mol. The highest BCUT2D eigenvalue weighted by Gasteiger charge is 2.41. The zero-order chi connectivity index (χ0) is 28.7. The van der Waals surface area contributed by atoms with E-state index in [1.54, 1.807) is 12.1 Å². The number of fused-ring (bicyclic) bond motifs is 1. The highest BCUT2D eigenvalue weighted by molar-refractivity contribution is 7.89. The minimum absolute atomic E-state index is 0.00335. The van der Waals surface area contributed by atoms with E-state index in [2.05, 4.69) is 5.32 Å². The van der Waals surface area contributed by atoms with Crippen LogP contribution in [0, 0.1) is 11.8 Å². The number of hydrogen-bond acceptors (Lipinski definition) is 8. The number of amides is 1. The van der Waals surface area contributed by atoms with Crippen LogP contribution in [0.4, 0.5) is 4.79 Å². The molecule has 3 unspecified atom stereocenters. The molecule has 40 heavy (non-hydrogen) atoms. The number of alkyl carbamates (subject to hydrolysis) is 1. The molecule has 2 aromatic carbocycles. The molecule has 0 aliphatic carbocycles. The molecule has 4 rings (SSSR count). The van der Waals surface area contributed by atoms with Crippen LogP contribution in [-0.2, 0) is 30.7 Å². The first-order valence-electron chi connectivity index (χ1n) is 13.7. The van der Waals surface area contributed by atoms with Crippen LogP contribution in [0.25, 0.3) is 0 Å². The van der Waals surface area contributed by atoms with Gasteiger partial charge >= 0.3 is 6.09 Å². The maximum atomic E-state index is 13.6. The predicted octanol–water partition coefficient (Wildman–Crippen LogP) is 2.84. The monoisotopic (exact) mass is 576 g/mol. The van der Waals surface area contributed by atoms with Crippen molar-refractivity contribution in [3.8, 4) is 5.75 Å². The van der Waals surface area contributed by atoms with Gasteiger partial charge in [0.2, 0.25) is 10.0 Å². The lowest BCUT2D eigenvalue weighted by molar-refractivity contribution is -0.112. The fourth-order valence-electron chi connectivity index (χ4n) is 5.16. The number of sulfonamides is 1. The molecule has 2 N–H and O–H groups in total. The normalized spacial score (nSPS) is 22.5. The summed E-state index contributed by atoms with van der Waals surface area (Å²) in [5, 5.41) is 14.2. The van der Waals surface area contributed by atoms with Crippen LogP contribution in [0.3, 0.4) is 0 Å². The fraction of sp³-hybridized carbons (Fsp3) is 0.552. The molecule has 10 nitrogen and oxygen atoms in total. The minimum Gasteiger partial charge on any atom is -0.497 e. The first-order chi connectivity index (χ1) is 19.2. The summed E-state index contributed by atoms with van der Waals surface area (Å²) < 4.78 is 50.7. The topological polar surface area (TPSA) is 124 Å². The third kappa shape index (κ3) is 7.73. The van der Waals surface area contributed by atoms with Crippen molar-refractivity contribution in [1.29, 1.82) is 0 Å². The quantitative estimate of drug-likeness (QED) is 0.396. The second kappa shape index (κ2) is 13.8. The molecule has 5 atom stereocenters. The lowest BCUT2D eigenvalue weighted by atomic mass is 9.96. The average Bonchev–Trinajstić information content (AvgIpc) is 3.43. The minimum atomic E-state index is -3.94. The molecule has 1 amide bonds. The second-order valence-electron chi connectivity index (χ2n) is 10.8. The molecule has 2 aliphatic rings. The summed E-state index contributed by atoms with van der Waals surface area (Å²) in [6, 6.07) is 14.7. The molecule has 0 bridgehead atoms. The SMILES string of the molecule is COc1ccc(S(=O)(=O)N(CC(C)C)C[C@H](O)[C@@H](Cc2ccccc2)NC(=O)OC2COCC3CCOC32)cc1. The number of rotatable bonds is 12. The van der Waals surface area contributed by atoms with Crippen LogP contribution in [0.1, 0.15) is 25.8 Å². The van der Waals surface area contributed by atoms with Gasteiger partial charge in [-0.1, -0.05) is 44.2 Å². The van der Waals surface area contributed by atoms with E-state index < -0.39 is 34.4 Å². The summed E-state index contributed by atoms with van der Waals surface area (Å²) in [6.45, 7) is 5.20. The molecule has 0 saturated carbocycles. The summed E-state index contributed by atoms with van der Waals surface area (Å²) in [5.74, 6) is 0.721. The van der Waals surface area contributed by atoms with Crippen molar-refractivity contribution in [2.45, 2.75) is 55.9 Å². The molecule has 2 aromatic rings. The summed E-state index contributed by atoms with van der Waals surface area (Å²) in [4.78, 5) is 13.1. The van der Waals surface area contributed by atoms with Crippen LogP contribution in [0.5, 0.6) is 5.75 Å². The smallest absolute Gasteiger partial charge is 0.407 e. The maximum Gasteiger partial charge on any atom is 0.407 e. The Bertz CT molecular complexity index is 1190. The largest absolute Gasteiger partial charge is 0.497 e. The van der Waals surface area contributed by atoms with Crippen LogP contribution >= 0.6 is 0 Å². The van der Waals surface area contributed by atoms with Crippen LogP contribution < -0.4 is 10.1 Å². The molecule has 0 radical (unpaired) electrons. The zero-order valence-corrected chi connectivity index (χ0v) is 24.1. The van der Waals surface area contributed by atoms with E-state index in [9.17, 15) is 18.3 Å². The van der Waals surface area contributed by atoms with E-state index in [0.717, 1.165) is 12.0 Å². The number of methoxy groups -OCH3 is 1. The van der Waals surface area contributed by atoms with Crippen molar-refractivity contribution in [3.63, 3.8) is 0 Å². The van der Waals surface area contributed by atoms with E-state index in [1.165, 1.54) is 23.5 Å². The standard InChI is InChI=1S/C29H40N2O8S/c1-20(2)16-31(40(34,35)24-11-9-23(36-3)10-12-24)17-26(32)25(15-21-7-5-4-6-8-21)30-29(33)39-27-19-37-18-22-13-14-38-28(22)27/h4-12,20,22,25-28,32H,13-19H2,1-3H3,(H,30,33)/t22?,25-,26+,27?,28?/m1/s1. The van der Waals surface area contributed by atoms with Gasteiger partial charge in [-0.05, 0) is 48.6 Å². The molecule has 2 aliphatic heterocycles. The van der Waals surface area contributed by atoms with Gasteiger partial charge in [0.1, 0.15) is 11.9 Å². The Morgan fingerprint density at radius 1 is 1.10 bits per heavy atom. The number of ether oxygens (including phenoxy) is 4. The van der Waals surface area contributed by atoms with Gasteiger partial charge in [-0.2, -0.15) is 4.31 Å². The number of nitrogens with zero attached hydrogens (tertiary/aromatic N) is 1. The van der Waals surface area contributed by atoms with Crippen molar-refractivity contribution in [3.05, 3.63) is 60.2 Å². The predicted molar refractivity (Wildman–Crippen MR) is 149 cm³/mol.